The molecule has 0 spiro atoms. The van der Waals surface area contributed by atoms with Crippen molar-refractivity contribution in [3.05, 3.63) is 23.5 Å². The third-order valence-electron chi connectivity index (χ3n) is 2.24. The maximum atomic E-state index is 4.30. The molecule has 0 bridgehead atoms. The highest BCUT2D eigenvalue weighted by molar-refractivity contribution is 5.69. The third kappa shape index (κ3) is 2.44. The molecule has 0 amide bonds. The highest BCUT2D eigenvalue weighted by atomic mass is 15.0. The first-order chi connectivity index (χ1) is 6.15. The number of nitrogens with zero attached hydrogens (tertiary/aromatic N) is 1. The van der Waals surface area contributed by atoms with Gasteiger partial charge in [-0.25, -0.2) is 0 Å². The van der Waals surface area contributed by atoms with Gasteiger partial charge in [0.1, 0.15) is 0 Å². The van der Waals surface area contributed by atoms with Gasteiger partial charge in [0.05, 0.1) is 5.70 Å². The first-order valence-corrected chi connectivity index (χ1v) is 4.83. The van der Waals surface area contributed by atoms with Gasteiger partial charge >= 0.3 is 0 Å². The van der Waals surface area contributed by atoms with E-state index in [-0.39, 0.29) is 0 Å². The van der Waals surface area contributed by atoms with Crippen molar-refractivity contribution in [3.63, 3.8) is 0 Å². The van der Waals surface area contributed by atoms with Crippen LogP contribution in [0.3, 0.4) is 0 Å². The highest BCUT2D eigenvalue weighted by Crippen LogP contribution is 2.20. The molecule has 0 fully saturated rings. The molecule has 1 aliphatic rings. The van der Waals surface area contributed by atoms with Crippen LogP contribution in [-0.2, 0) is 0 Å². The zero-order valence-electron chi connectivity index (χ0n) is 8.72. The zero-order valence-corrected chi connectivity index (χ0v) is 8.72. The fourth-order valence-electron chi connectivity index (χ4n) is 1.30. The van der Waals surface area contributed by atoms with Crippen molar-refractivity contribution in [3.8, 4) is 0 Å². The first-order valence-electron chi connectivity index (χ1n) is 4.83. The normalized spacial score (nSPS) is 17.8. The van der Waals surface area contributed by atoms with Crippen molar-refractivity contribution in [2.24, 2.45) is 4.99 Å². The summed E-state index contributed by atoms with van der Waals surface area (Å²) in [6, 6.07) is 0.519. The Labute approximate surface area is 80.4 Å². The lowest BCUT2D eigenvalue weighted by atomic mass is 10.1. The molecule has 1 aliphatic heterocycles. The van der Waals surface area contributed by atoms with E-state index in [0.29, 0.717) is 6.04 Å². The van der Waals surface area contributed by atoms with Crippen molar-refractivity contribution in [1.82, 2.24) is 5.32 Å². The second-order valence-corrected chi connectivity index (χ2v) is 3.58. The molecule has 1 unspecified atom stereocenters. The molecule has 2 nitrogen and oxygen atoms in total. The van der Waals surface area contributed by atoms with Gasteiger partial charge in [-0.15, -0.1) is 0 Å². The van der Waals surface area contributed by atoms with E-state index in [4.69, 9.17) is 0 Å². The van der Waals surface area contributed by atoms with Crippen LogP contribution in [0, 0.1) is 0 Å². The van der Waals surface area contributed by atoms with Crippen molar-refractivity contribution in [1.29, 1.82) is 0 Å². The zero-order chi connectivity index (χ0) is 9.84. The summed E-state index contributed by atoms with van der Waals surface area (Å²) in [6.45, 7) is 10.3. The van der Waals surface area contributed by atoms with Crippen LogP contribution in [0.5, 0.6) is 0 Å². The number of hydrogen-bond acceptors (Lipinski definition) is 2. The third-order valence-corrected chi connectivity index (χ3v) is 2.24. The average molecular weight is 178 g/mol. The van der Waals surface area contributed by atoms with Crippen molar-refractivity contribution >= 4 is 6.21 Å². The lowest BCUT2D eigenvalue weighted by molar-refractivity contribution is 0.590. The summed E-state index contributed by atoms with van der Waals surface area (Å²) in [7, 11) is 0. The summed E-state index contributed by atoms with van der Waals surface area (Å²) in [5.74, 6) is 0. The van der Waals surface area contributed by atoms with Crippen LogP contribution < -0.4 is 5.32 Å². The van der Waals surface area contributed by atoms with Gasteiger partial charge in [0, 0.05) is 24.4 Å². The molecule has 0 saturated carbocycles. The van der Waals surface area contributed by atoms with E-state index in [1.165, 1.54) is 5.70 Å². The van der Waals surface area contributed by atoms with E-state index in [0.717, 1.165) is 24.1 Å². The van der Waals surface area contributed by atoms with Gasteiger partial charge < -0.3 is 5.32 Å². The summed E-state index contributed by atoms with van der Waals surface area (Å²) in [6.07, 6.45) is 3.99. The summed E-state index contributed by atoms with van der Waals surface area (Å²) in [5.41, 5.74) is 3.31. The molecule has 0 aliphatic carbocycles. The number of nitrogens with one attached hydrogen (secondary N) is 1. The van der Waals surface area contributed by atoms with E-state index in [1.807, 2.05) is 13.1 Å². The molecule has 0 aromatic carbocycles. The summed E-state index contributed by atoms with van der Waals surface area (Å²) in [5, 5.41) is 3.45. The van der Waals surface area contributed by atoms with E-state index in [1.54, 1.807) is 0 Å². The smallest absolute Gasteiger partial charge is 0.0842 e. The van der Waals surface area contributed by atoms with Crippen LogP contribution in [0.2, 0.25) is 0 Å². The highest BCUT2D eigenvalue weighted by Gasteiger charge is 2.12. The quantitative estimate of drug-likeness (QED) is 0.703. The Morgan fingerprint density at radius 3 is 3.00 bits per heavy atom. The lowest BCUT2D eigenvalue weighted by Crippen LogP contribution is -2.24. The van der Waals surface area contributed by atoms with E-state index in [2.05, 4.69) is 30.7 Å². The van der Waals surface area contributed by atoms with Gasteiger partial charge in [-0.05, 0) is 25.8 Å². The second-order valence-electron chi connectivity index (χ2n) is 3.58. The molecule has 13 heavy (non-hydrogen) atoms. The number of hydrogen-bond donors (Lipinski definition) is 1. The minimum atomic E-state index is 0.519. The van der Waals surface area contributed by atoms with Crippen molar-refractivity contribution in [2.45, 2.75) is 39.7 Å². The van der Waals surface area contributed by atoms with Gasteiger partial charge in [-0.1, -0.05) is 13.5 Å². The molecule has 1 rings (SSSR count). The predicted molar refractivity (Wildman–Crippen MR) is 57.8 cm³/mol. The molecule has 1 atom stereocenters. The van der Waals surface area contributed by atoms with Crippen molar-refractivity contribution in [2.75, 3.05) is 0 Å². The minimum Gasteiger partial charge on any atom is -0.384 e. The SMILES string of the molecule is C=C(C)C1=C(NC(C)CC)CC=N1. The molecular weight excluding hydrogens is 160 g/mol. The average Bonchev–Trinajstić information content (AvgIpc) is 2.52. The predicted octanol–water partition coefficient (Wildman–Crippen LogP) is 2.64. The van der Waals surface area contributed by atoms with Gasteiger partial charge in [0.15, 0.2) is 0 Å². The van der Waals surface area contributed by atoms with Crippen LogP contribution in [0.25, 0.3) is 0 Å². The van der Waals surface area contributed by atoms with Crippen LogP contribution in [0.4, 0.5) is 0 Å². The van der Waals surface area contributed by atoms with Gasteiger partial charge in [-0.2, -0.15) is 0 Å². The molecule has 72 valence electrons. The fraction of sp³-hybridized carbons (Fsp3) is 0.545. The maximum absolute atomic E-state index is 4.30. The number of rotatable bonds is 4. The molecule has 0 aromatic rings. The Bertz CT molecular complexity index is 261. The summed E-state index contributed by atoms with van der Waals surface area (Å²) in [4.78, 5) is 4.30. The van der Waals surface area contributed by atoms with Gasteiger partial charge in [0.25, 0.3) is 0 Å². The molecular formula is C11H18N2. The Morgan fingerprint density at radius 1 is 1.77 bits per heavy atom. The molecule has 2 heteroatoms. The van der Waals surface area contributed by atoms with E-state index < -0.39 is 0 Å². The minimum absolute atomic E-state index is 0.519. The van der Waals surface area contributed by atoms with Crippen LogP contribution in [0.15, 0.2) is 28.5 Å². The maximum Gasteiger partial charge on any atom is 0.0842 e. The molecule has 0 saturated heterocycles. The van der Waals surface area contributed by atoms with Gasteiger partial charge in [0.2, 0.25) is 0 Å². The van der Waals surface area contributed by atoms with E-state index >= 15 is 0 Å². The molecule has 0 radical (unpaired) electrons. The largest absolute Gasteiger partial charge is 0.384 e. The fourth-order valence-corrected chi connectivity index (χ4v) is 1.30. The lowest BCUT2D eigenvalue weighted by Gasteiger charge is -2.15. The van der Waals surface area contributed by atoms with Gasteiger partial charge in [-0.3, -0.25) is 4.99 Å². The number of aliphatic imine (C=N–C) groups is 1. The van der Waals surface area contributed by atoms with Crippen molar-refractivity contribution < 1.29 is 0 Å². The Balaban J connectivity index is 2.68. The molecule has 0 aromatic heterocycles. The summed E-state index contributed by atoms with van der Waals surface area (Å²) >= 11 is 0. The van der Waals surface area contributed by atoms with E-state index in [9.17, 15) is 0 Å². The Morgan fingerprint density at radius 2 is 2.46 bits per heavy atom. The monoisotopic (exact) mass is 178 g/mol. The topological polar surface area (TPSA) is 24.4 Å². The number of allylic oxidation sites excluding steroid dienone is 2. The van der Waals surface area contributed by atoms with Crippen LogP contribution >= 0.6 is 0 Å². The first kappa shape index (κ1) is 10.0. The van der Waals surface area contributed by atoms with Crippen LogP contribution in [0.1, 0.15) is 33.6 Å². The molecule has 1 N–H and O–H groups in total. The Hall–Kier alpha value is -1.05. The van der Waals surface area contributed by atoms with Crippen LogP contribution in [-0.4, -0.2) is 12.3 Å². The second kappa shape index (κ2) is 4.26. The summed E-state index contributed by atoms with van der Waals surface area (Å²) < 4.78 is 0. The molecule has 1 heterocycles. The Kier molecular flexibility index (Phi) is 3.29. The standard InChI is InChI=1S/C11H18N2/c1-5-9(4)13-10-6-7-12-11(10)8(2)3/h7,9,13H,2,5-6H2,1,3-4H3.